The van der Waals surface area contributed by atoms with Crippen molar-refractivity contribution in [2.45, 2.75) is 45.1 Å². The van der Waals surface area contributed by atoms with Crippen LogP contribution in [0.2, 0.25) is 0 Å². The largest absolute Gasteiger partial charge is 0.410 e. The molecule has 1 heterocycles. The Bertz CT molecular complexity index is 550. The minimum atomic E-state index is -0.975. The highest BCUT2D eigenvalue weighted by atomic mass is 16.6. The van der Waals surface area contributed by atoms with E-state index < -0.39 is 5.54 Å². The van der Waals surface area contributed by atoms with Crippen molar-refractivity contribution >= 4 is 17.7 Å². The monoisotopic (exact) mass is 273 g/mol. The predicted molar refractivity (Wildman–Crippen MR) is 76.7 cm³/mol. The Morgan fingerprint density at radius 2 is 2.00 bits per heavy atom. The Morgan fingerprint density at radius 3 is 2.45 bits per heavy atom. The molecule has 0 aliphatic carbocycles. The van der Waals surface area contributed by atoms with Crippen LogP contribution >= 0.6 is 0 Å². The Kier molecular flexibility index (Phi) is 4.02. The van der Waals surface area contributed by atoms with Gasteiger partial charge in [0.1, 0.15) is 5.78 Å². The number of esters is 1. The van der Waals surface area contributed by atoms with Gasteiger partial charge in [-0.3, -0.25) is 0 Å². The quantitative estimate of drug-likeness (QED) is 0.775. The third kappa shape index (κ3) is 2.50. The van der Waals surface area contributed by atoms with Crippen LogP contribution in [0.4, 0.5) is 0 Å². The summed E-state index contributed by atoms with van der Waals surface area (Å²) in [4.78, 5) is 28.4. The van der Waals surface area contributed by atoms with Crippen molar-refractivity contribution < 1.29 is 14.3 Å². The van der Waals surface area contributed by atoms with Crippen molar-refractivity contribution in [2.75, 3.05) is 0 Å². The smallest absolute Gasteiger partial charge is 0.341 e. The second-order valence-electron chi connectivity index (χ2n) is 5.17. The number of ketones is 1. The van der Waals surface area contributed by atoms with Crippen molar-refractivity contribution in [1.29, 1.82) is 0 Å². The van der Waals surface area contributed by atoms with Gasteiger partial charge in [0.15, 0.2) is 11.4 Å². The first-order chi connectivity index (χ1) is 9.49. The standard InChI is InChI=1S/C16H19NO3/c1-4-16(15(19)20-12(3)17-16)14(10-11(2)18)13-8-6-5-7-9-13/h5-9,14H,4,10H2,1-3H3/t14-,16-/m1/s1. The summed E-state index contributed by atoms with van der Waals surface area (Å²) < 4.78 is 5.15. The molecule has 0 fully saturated rings. The van der Waals surface area contributed by atoms with Crippen LogP contribution in [0.25, 0.3) is 0 Å². The van der Waals surface area contributed by atoms with E-state index in [0.29, 0.717) is 12.3 Å². The maximum absolute atomic E-state index is 12.3. The van der Waals surface area contributed by atoms with Crippen molar-refractivity contribution in [3.8, 4) is 0 Å². The molecular formula is C16H19NO3. The molecule has 2 rings (SSSR count). The fourth-order valence-corrected chi connectivity index (χ4v) is 2.80. The van der Waals surface area contributed by atoms with Crippen LogP contribution in [0.1, 0.15) is 45.1 Å². The van der Waals surface area contributed by atoms with Gasteiger partial charge < -0.3 is 9.53 Å². The van der Waals surface area contributed by atoms with Gasteiger partial charge in [0.25, 0.3) is 0 Å². The van der Waals surface area contributed by atoms with Gasteiger partial charge in [-0.25, -0.2) is 9.79 Å². The summed E-state index contributed by atoms with van der Waals surface area (Å²) in [5.74, 6) is -0.218. The minimum Gasteiger partial charge on any atom is -0.410 e. The van der Waals surface area contributed by atoms with E-state index in [9.17, 15) is 9.59 Å². The molecule has 2 atom stereocenters. The summed E-state index contributed by atoms with van der Waals surface area (Å²) in [5, 5.41) is 0. The van der Waals surface area contributed by atoms with Crippen LogP contribution < -0.4 is 0 Å². The van der Waals surface area contributed by atoms with Crippen molar-refractivity contribution in [2.24, 2.45) is 4.99 Å². The molecule has 0 saturated heterocycles. The lowest BCUT2D eigenvalue weighted by Crippen LogP contribution is -2.40. The van der Waals surface area contributed by atoms with Gasteiger partial charge in [-0.15, -0.1) is 0 Å². The Balaban J connectivity index is 2.50. The van der Waals surface area contributed by atoms with Gasteiger partial charge in [-0.1, -0.05) is 37.3 Å². The summed E-state index contributed by atoms with van der Waals surface area (Å²) >= 11 is 0. The number of hydrogen-bond donors (Lipinski definition) is 0. The number of carbonyl (C=O) groups excluding carboxylic acids is 2. The summed E-state index contributed by atoms with van der Waals surface area (Å²) in [5.41, 5.74) is -0.0307. The molecule has 1 aromatic carbocycles. The molecule has 0 N–H and O–H groups in total. The molecule has 0 saturated carbocycles. The lowest BCUT2D eigenvalue weighted by atomic mass is 9.75. The third-order valence-corrected chi connectivity index (χ3v) is 3.76. The molecule has 0 aromatic heterocycles. The van der Waals surface area contributed by atoms with E-state index in [1.165, 1.54) is 6.92 Å². The van der Waals surface area contributed by atoms with Gasteiger partial charge >= 0.3 is 5.97 Å². The zero-order chi connectivity index (χ0) is 14.8. The van der Waals surface area contributed by atoms with Gasteiger partial charge in [0, 0.05) is 19.3 Å². The topological polar surface area (TPSA) is 55.7 Å². The van der Waals surface area contributed by atoms with Crippen LogP contribution in [-0.4, -0.2) is 23.2 Å². The van der Waals surface area contributed by atoms with E-state index in [0.717, 1.165) is 5.56 Å². The van der Waals surface area contributed by atoms with Crippen LogP contribution in [0.3, 0.4) is 0 Å². The second kappa shape index (κ2) is 5.57. The number of ether oxygens (including phenoxy) is 1. The molecule has 0 amide bonds. The van der Waals surface area contributed by atoms with Gasteiger partial charge in [-0.05, 0) is 18.9 Å². The Hall–Kier alpha value is -1.97. The molecule has 0 unspecified atom stereocenters. The number of aliphatic imine (C=N–C) groups is 1. The highest BCUT2D eigenvalue weighted by molar-refractivity contribution is 6.00. The highest BCUT2D eigenvalue weighted by Gasteiger charge is 2.50. The maximum Gasteiger partial charge on any atom is 0.341 e. The lowest BCUT2D eigenvalue weighted by molar-refractivity contribution is -0.140. The summed E-state index contributed by atoms with van der Waals surface area (Å²) in [6, 6.07) is 9.59. The molecule has 4 heteroatoms. The zero-order valence-electron chi connectivity index (χ0n) is 12.1. The van der Waals surface area contributed by atoms with Crippen molar-refractivity contribution in [3.63, 3.8) is 0 Å². The number of hydrogen-bond acceptors (Lipinski definition) is 4. The number of cyclic esters (lactones) is 1. The Labute approximate surface area is 118 Å². The van der Waals surface area contributed by atoms with E-state index in [4.69, 9.17) is 4.74 Å². The normalized spacial score (nSPS) is 23.1. The number of Topliss-reactive ketones (excluding diaryl/α,β-unsaturated/α-hetero) is 1. The number of carbonyl (C=O) groups is 2. The maximum atomic E-state index is 12.3. The average molecular weight is 273 g/mol. The first kappa shape index (κ1) is 14.4. The molecule has 0 bridgehead atoms. The molecular weight excluding hydrogens is 254 g/mol. The average Bonchev–Trinajstić information content (AvgIpc) is 2.72. The fraction of sp³-hybridized carbons (Fsp3) is 0.438. The molecule has 106 valence electrons. The minimum absolute atomic E-state index is 0.0410. The first-order valence-electron chi connectivity index (χ1n) is 6.82. The van der Waals surface area contributed by atoms with Crippen molar-refractivity contribution in [1.82, 2.24) is 0 Å². The number of benzene rings is 1. The van der Waals surface area contributed by atoms with E-state index in [2.05, 4.69) is 4.99 Å². The van der Waals surface area contributed by atoms with Crippen LogP contribution in [0.5, 0.6) is 0 Å². The molecule has 1 aliphatic rings. The second-order valence-corrected chi connectivity index (χ2v) is 5.17. The fourth-order valence-electron chi connectivity index (χ4n) is 2.80. The van der Waals surface area contributed by atoms with Crippen molar-refractivity contribution in [3.05, 3.63) is 35.9 Å². The molecule has 4 nitrogen and oxygen atoms in total. The molecule has 0 spiro atoms. The predicted octanol–water partition coefficient (Wildman–Crippen LogP) is 2.87. The SMILES string of the molecule is CC[C@]1([C@H](CC(C)=O)c2ccccc2)N=C(C)OC1=O. The van der Waals surface area contributed by atoms with E-state index in [1.54, 1.807) is 6.92 Å². The molecule has 1 aliphatic heterocycles. The lowest BCUT2D eigenvalue weighted by Gasteiger charge is -2.30. The van der Waals surface area contributed by atoms with Crippen LogP contribution in [0, 0.1) is 0 Å². The highest BCUT2D eigenvalue weighted by Crippen LogP contribution is 2.41. The van der Waals surface area contributed by atoms with Crippen LogP contribution in [0.15, 0.2) is 35.3 Å². The zero-order valence-corrected chi connectivity index (χ0v) is 12.1. The summed E-state index contributed by atoms with van der Waals surface area (Å²) in [6.07, 6.45) is 0.791. The van der Waals surface area contributed by atoms with Gasteiger partial charge in [0.2, 0.25) is 0 Å². The molecule has 1 aromatic rings. The third-order valence-electron chi connectivity index (χ3n) is 3.76. The first-order valence-corrected chi connectivity index (χ1v) is 6.82. The molecule has 0 radical (unpaired) electrons. The van der Waals surface area contributed by atoms with Gasteiger partial charge in [0.05, 0.1) is 0 Å². The summed E-state index contributed by atoms with van der Waals surface area (Å²) in [6.45, 7) is 5.11. The number of nitrogens with zero attached hydrogens (tertiary/aromatic N) is 1. The van der Waals surface area contributed by atoms with E-state index in [1.807, 2.05) is 37.3 Å². The van der Waals surface area contributed by atoms with Gasteiger partial charge in [-0.2, -0.15) is 0 Å². The number of rotatable bonds is 5. The van der Waals surface area contributed by atoms with Crippen LogP contribution in [-0.2, 0) is 14.3 Å². The van der Waals surface area contributed by atoms with E-state index >= 15 is 0 Å². The Morgan fingerprint density at radius 1 is 1.35 bits per heavy atom. The summed E-state index contributed by atoms with van der Waals surface area (Å²) in [7, 11) is 0. The molecule has 20 heavy (non-hydrogen) atoms. The van der Waals surface area contributed by atoms with E-state index in [-0.39, 0.29) is 24.1 Å².